The molecule has 1 aromatic heterocycles. The average molecular weight is 478 g/mol. The van der Waals surface area contributed by atoms with Gasteiger partial charge in [0.25, 0.3) is 0 Å². The highest BCUT2D eigenvalue weighted by atomic mass is 16.5. The Bertz CT molecular complexity index is 985. The van der Waals surface area contributed by atoms with Crippen LogP contribution in [-0.2, 0) is 9.47 Å². The number of aryl methyl sites for hydroxylation is 1. The Kier molecular flexibility index (Phi) is 9.26. The third kappa shape index (κ3) is 7.12. The van der Waals surface area contributed by atoms with Gasteiger partial charge in [0, 0.05) is 31.7 Å². The zero-order chi connectivity index (χ0) is 24.5. The molecule has 7 heteroatoms. The number of aromatic nitrogens is 2. The van der Waals surface area contributed by atoms with Crippen LogP contribution in [-0.4, -0.2) is 55.7 Å². The summed E-state index contributed by atoms with van der Waals surface area (Å²) in [5.74, 6) is 3.90. The van der Waals surface area contributed by atoms with E-state index in [0.717, 1.165) is 81.8 Å². The molecule has 1 N–H and O–H groups in total. The van der Waals surface area contributed by atoms with Crippen molar-refractivity contribution in [2.45, 2.75) is 46.0 Å². The number of nitrogens with zero attached hydrogens (tertiary/aromatic N) is 4. The van der Waals surface area contributed by atoms with Crippen molar-refractivity contribution < 1.29 is 9.47 Å². The fraction of sp³-hybridized carbons (Fsp3) is 0.536. The summed E-state index contributed by atoms with van der Waals surface area (Å²) < 4.78 is 11.4. The normalized spacial score (nSPS) is 22.3. The lowest BCUT2D eigenvalue weighted by Gasteiger charge is -2.28. The van der Waals surface area contributed by atoms with E-state index >= 15 is 0 Å². The number of allylic oxidation sites excluding steroid dienone is 2. The summed E-state index contributed by atoms with van der Waals surface area (Å²) in [5, 5.41) is 4.46. The molecule has 4 rings (SSSR count). The van der Waals surface area contributed by atoms with Crippen molar-refractivity contribution in [1.82, 2.24) is 9.97 Å². The van der Waals surface area contributed by atoms with E-state index in [-0.39, 0.29) is 0 Å². The highest BCUT2D eigenvalue weighted by Gasteiger charge is 2.52. The quantitative estimate of drug-likeness (QED) is 0.258. The molecule has 0 radical (unpaired) electrons. The van der Waals surface area contributed by atoms with Crippen LogP contribution in [0.5, 0.6) is 0 Å². The number of nitrogens with one attached hydrogen (secondary N) is 1. The lowest BCUT2D eigenvalue weighted by molar-refractivity contribution is 0.122. The molecule has 2 aromatic rings. The third-order valence-corrected chi connectivity index (χ3v) is 6.75. The number of hydrogen-bond donors (Lipinski definition) is 1. The third-order valence-electron chi connectivity index (χ3n) is 6.75. The van der Waals surface area contributed by atoms with Gasteiger partial charge < -0.3 is 14.4 Å². The Morgan fingerprint density at radius 1 is 1.11 bits per heavy atom. The molecule has 1 aliphatic carbocycles. The number of hydrazone groups is 1. The van der Waals surface area contributed by atoms with E-state index in [1.807, 2.05) is 12.3 Å². The van der Waals surface area contributed by atoms with E-state index in [1.165, 1.54) is 5.56 Å². The molecule has 2 aliphatic rings. The van der Waals surface area contributed by atoms with Crippen LogP contribution in [0, 0.1) is 18.8 Å². The van der Waals surface area contributed by atoms with Crippen molar-refractivity contribution in [3.05, 3.63) is 59.4 Å². The van der Waals surface area contributed by atoms with Gasteiger partial charge in [-0.3, -0.25) is 5.43 Å². The van der Waals surface area contributed by atoms with Crippen molar-refractivity contribution in [3.63, 3.8) is 0 Å². The van der Waals surface area contributed by atoms with Gasteiger partial charge in [-0.25, -0.2) is 9.97 Å². The van der Waals surface area contributed by atoms with Crippen molar-refractivity contribution in [2.75, 3.05) is 49.8 Å². The van der Waals surface area contributed by atoms with Gasteiger partial charge in [0.15, 0.2) is 5.82 Å². The molecule has 3 atom stereocenters. The summed E-state index contributed by atoms with van der Waals surface area (Å²) in [6.45, 7) is 10.9. The van der Waals surface area contributed by atoms with Gasteiger partial charge in [-0.05, 0) is 50.5 Å². The fourth-order valence-electron chi connectivity index (χ4n) is 4.71. The maximum absolute atomic E-state index is 5.83. The summed E-state index contributed by atoms with van der Waals surface area (Å²) in [7, 11) is 0. The van der Waals surface area contributed by atoms with Crippen LogP contribution in [0.2, 0.25) is 0 Å². The van der Waals surface area contributed by atoms with E-state index < -0.39 is 0 Å². The molecule has 1 saturated carbocycles. The van der Waals surface area contributed by atoms with Gasteiger partial charge in [0.1, 0.15) is 11.6 Å². The minimum absolute atomic E-state index is 0.319. The Morgan fingerprint density at radius 3 is 2.66 bits per heavy atom. The molecular formula is C28H39N5O2. The lowest BCUT2D eigenvalue weighted by Crippen LogP contribution is -2.37. The van der Waals surface area contributed by atoms with E-state index in [9.17, 15) is 0 Å². The molecule has 0 amide bonds. The molecule has 3 unspecified atom stereocenters. The van der Waals surface area contributed by atoms with E-state index in [2.05, 4.69) is 72.6 Å². The summed E-state index contributed by atoms with van der Waals surface area (Å²) in [6, 6.07) is 10.3. The van der Waals surface area contributed by atoms with Crippen molar-refractivity contribution in [1.29, 1.82) is 0 Å². The number of ether oxygens (including phenoxy) is 2. The molecule has 2 heterocycles. The first-order chi connectivity index (χ1) is 17.2. The monoisotopic (exact) mass is 477 g/mol. The lowest BCUT2D eigenvalue weighted by atomic mass is 10.1. The van der Waals surface area contributed by atoms with Gasteiger partial charge in [-0.2, -0.15) is 5.10 Å². The Morgan fingerprint density at radius 2 is 1.91 bits per heavy atom. The van der Waals surface area contributed by atoms with Crippen LogP contribution in [0.4, 0.5) is 11.6 Å². The van der Waals surface area contributed by atoms with Gasteiger partial charge in [0.2, 0.25) is 0 Å². The second kappa shape index (κ2) is 12.8. The molecule has 188 valence electrons. The fourth-order valence-corrected chi connectivity index (χ4v) is 4.71. The van der Waals surface area contributed by atoms with E-state index in [4.69, 9.17) is 19.4 Å². The van der Waals surface area contributed by atoms with Crippen LogP contribution >= 0.6 is 0 Å². The second-order valence-electron chi connectivity index (χ2n) is 9.32. The molecule has 1 saturated heterocycles. The Balaban J connectivity index is 1.54. The molecule has 1 aromatic carbocycles. The van der Waals surface area contributed by atoms with E-state index in [0.29, 0.717) is 17.8 Å². The molecule has 1 aliphatic heterocycles. The smallest absolute Gasteiger partial charge is 0.152 e. The topological polar surface area (TPSA) is 71.9 Å². The van der Waals surface area contributed by atoms with Crippen LogP contribution in [0.3, 0.4) is 0 Å². The molecule has 7 nitrogen and oxygen atoms in total. The predicted molar refractivity (Wildman–Crippen MR) is 142 cm³/mol. The molecular weight excluding hydrogens is 438 g/mol. The van der Waals surface area contributed by atoms with Crippen LogP contribution in [0.15, 0.2) is 47.6 Å². The van der Waals surface area contributed by atoms with E-state index in [1.54, 1.807) is 0 Å². The second-order valence-corrected chi connectivity index (χ2v) is 9.32. The summed E-state index contributed by atoms with van der Waals surface area (Å²) in [4.78, 5) is 12.2. The number of hydrogen-bond acceptors (Lipinski definition) is 7. The minimum atomic E-state index is 0.319. The number of morpholine rings is 1. The van der Waals surface area contributed by atoms with Crippen molar-refractivity contribution in [3.8, 4) is 0 Å². The van der Waals surface area contributed by atoms with Gasteiger partial charge in [0.05, 0.1) is 26.0 Å². The van der Waals surface area contributed by atoms with Gasteiger partial charge in [-0.15, -0.1) is 0 Å². The van der Waals surface area contributed by atoms with Crippen LogP contribution in [0.25, 0.3) is 0 Å². The Labute approximate surface area is 209 Å². The zero-order valence-electron chi connectivity index (χ0n) is 21.3. The summed E-state index contributed by atoms with van der Waals surface area (Å²) in [5.41, 5.74) is 5.44. The van der Waals surface area contributed by atoms with Crippen LogP contribution < -0.4 is 10.3 Å². The largest absolute Gasteiger partial charge is 0.381 e. The summed E-state index contributed by atoms with van der Waals surface area (Å²) in [6.07, 6.45) is 9.68. The standard InChI is InChI=1S/C28H39N5O2/c1-4-6-7-8-9-23-24(20-34-5-2)27(23)28-30-25(18-26(31-28)33-14-16-35-17-15-33)32-29-19-22-12-10-21(3)11-13-22/h6-7,10-13,18-19,23-24,27H,4-5,8-9,14-17,20H2,1-3H3,(H,30,31,32)/b7-6+,29-19+. The Hall–Kier alpha value is -2.77. The highest BCUT2D eigenvalue weighted by molar-refractivity contribution is 5.80. The highest BCUT2D eigenvalue weighted by Crippen LogP contribution is 2.55. The molecule has 0 bridgehead atoms. The number of rotatable bonds is 12. The summed E-state index contributed by atoms with van der Waals surface area (Å²) >= 11 is 0. The van der Waals surface area contributed by atoms with Crippen molar-refractivity contribution in [2.24, 2.45) is 16.9 Å². The first-order valence-corrected chi connectivity index (χ1v) is 13.0. The SMILES string of the molecule is CC/C=C/CCC1C(COCC)C1c1nc(N/N=C/c2ccc(C)cc2)cc(N2CCOCC2)n1. The van der Waals surface area contributed by atoms with Crippen LogP contribution in [0.1, 0.15) is 56.0 Å². The molecule has 2 fully saturated rings. The number of anilines is 2. The predicted octanol–water partition coefficient (Wildman–Crippen LogP) is 5.18. The first-order valence-electron chi connectivity index (χ1n) is 13.0. The minimum Gasteiger partial charge on any atom is -0.381 e. The maximum Gasteiger partial charge on any atom is 0.152 e. The van der Waals surface area contributed by atoms with Crippen molar-refractivity contribution >= 4 is 17.9 Å². The average Bonchev–Trinajstić information content (AvgIpc) is 3.59. The molecule has 0 spiro atoms. The van der Waals surface area contributed by atoms with Gasteiger partial charge in [-0.1, -0.05) is 48.9 Å². The first kappa shape index (κ1) is 25.3. The zero-order valence-corrected chi connectivity index (χ0v) is 21.3. The maximum atomic E-state index is 5.83. The van der Waals surface area contributed by atoms with Gasteiger partial charge >= 0.3 is 0 Å². The molecule has 35 heavy (non-hydrogen) atoms. The number of benzene rings is 1.